The smallest absolute Gasteiger partial charge is 0.251 e. The maximum atomic E-state index is 12.1. The van der Waals surface area contributed by atoms with Crippen LogP contribution < -0.4 is 10.6 Å². The molecular formula is C19H18N6O2. The van der Waals surface area contributed by atoms with E-state index in [2.05, 4.69) is 26.2 Å². The molecule has 3 rings (SSSR count). The van der Waals surface area contributed by atoms with Crippen molar-refractivity contribution in [2.24, 2.45) is 0 Å². The number of aromatic nitrogens is 4. The average molecular weight is 362 g/mol. The van der Waals surface area contributed by atoms with Gasteiger partial charge < -0.3 is 10.6 Å². The highest BCUT2D eigenvalue weighted by molar-refractivity contribution is 6.02. The maximum Gasteiger partial charge on any atom is 0.251 e. The molecule has 0 aliphatic carbocycles. The molecule has 8 heteroatoms. The first-order valence-electron chi connectivity index (χ1n) is 8.22. The molecule has 1 heterocycles. The van der Waals surface area contributed by atoms with Crippen molar-refractivity contribution in [3.05, 3.63) is 71.6 Å². The Hall–Kier alpha value is -3.81. The van der Waals surface area contributed by atoms with Crippen molar-refractivity contribution in [1.82, 2.24) is 25.5 Å². The van der Waals surface area contributed by atoms with Crippen molar-refractivity contribution < 1.29 is 9.59 Å². The molecule has 0 saturated heterocycles. The standard InChI is InChI=1S/C19H18N6O2/c1-13-11-16(8-9-17(13)25-12-21-23-24-25)22-18(26)10-5-14-3-6-15(7-4-14)19(27)20-2/h3-12H,1-2H3,(H,20,27)(H,22,26)/b10-5+. The second kappa shape index (κ2) is 8.05. The highest BCUT2D eigenvalue weighted by Gasteiger charge is 2.05. The molecule has 3 aromatic rings. The predicted molar refractivity (Wildman–Crippen MR) is 101 cm³/mol. The van der Waals surface area contributed by atoms with Crippen LogP contribution in [0.5, 0.6) is 0 Å². The molecule has 1 aromatic heterocycles. The third-order valence-electron chi connectivity index (χ3n) is 3.89. The second-order valence-electron chi connectivity index (χ2n) is 5.78. The minimum Gasteiger partial charge on any atom is -0.355 e. The lowest BCUT2D eigenvalue weighted by atomic mass is 10.1. The molecule has 2 amide bonds. The highest BCUT2D eigenvalue weighted by atomic mass is 16.2. The van der Waals surface area contributed by atoms with Crippen molar-refractivity contribution in [1.29, 1.82) is 0 Å². The van der Waals surface area contributed by atoms with Crippen molar-refractivity contribution in [3.8, 4) is 5.69 Å². The number of benzene rings is 2. The van der Waals surface area contributed by atoms with Gasteiger partial charge in [0.05, 0.1) is 5.69 Å². The van der Waals surface area contributed by atoms with E-state index in [0.29, 0.717) is 11.3 Å². The van der Waals surface area contributed by atoms with E-state index in [9.17, 15) is 9.59 Å². The molecule has 27 heavy (non-hydrogen) atoms. The fraction of sp³-hybridized carbons (Fsp3) is 0.105. The quantitative estimate of drug-likeness (QED) is 0.676. The first-order chi connectivity index (χ1) is 13.1. The topological polar surface area (TPSA) is 102 Å². The van der Waals surface area contributed by atoms with Gasteiger partial charge in [-0.3, -0.25) is 9.59 Å². The summed E-state index contributed by atoms with van der Waals surface area (Å²) in [5, 5.41) is 16.5. The molecule has 0 aliphatic heterocycles. The van der Waals surface area contributed by atoms with Crippen LogP contribution in [0.3, 0.4) is 0 Å². The zero-order valence-electron chi connectivity index (χ0n) is 14.9. The number of anilines is 1. The number of nitrogens with one attached hydrogen (secondary N) is 2. The molecule has 0 aliphatic rings. The molecule has 2 aromatic carbocycles. The van der Waals surface area contributed by atoms with Crippen LogP contribution in [0.25, 0.3) is 11.8 Å². The first kappa shape index (κ1) is 18.0. The fourth-order valence-electron chi connectivity index (χ4n) is 2.51. The minimum absolute atomic E-state index is 0.149. The van der Waals surface area contributed by atoms with Gasteiger partial charge in [0, 0.05) is 24.4 Å². The summed E-state index contributed by atoms with van der Waals surface area (Å²) < 4.78 is 1.56. The van der Waals surface area contributed by atoms with Crippen LogP contribution in [0.4, 0.5) is 5.69 Å². The molecule has 0 atom stereocenters. The van der Waals surface area contributed by atoms with Gasteiger partial charge in [-0.25, -0.2) is 4.68 Å². The lowest BCUT2D eigenvalue weighted by Crippen LogP contribution is -2.17. The summed E-state index contributed by atoms with van der Waals surface area (Å²) in [7, 11) is 1.58. The van der Waals surface area contributed by atoms with Crippen molar-refractivity contribution >= 4 is 23.6 Å². The third-order valence-corrected chi connectivity index (χ3v) is 3.89. The van der Waals surface area contributed by atoms with Crippen LogP contribution in [-0.4, -0.2) is 39.1 Å². The Balaban J connectivity index is 1.64. The Kier molecular flexibility index (Phi) is 5.36. The van der Waals surface area contributed by atoms with E-state index in [0.717, 1.165) is 16.8 Å². The maximum absolute atomic E-state index is 12.1. The third kappa shape index (κ3) is 4.43. The lowest BCUT2D eigenvalue weighted by molar-refractivity contribution is -0.111. The summed E-state index contributed by atoms with van der Waals surface area (Å²) in [6, 6.07) is 12.4. The van der Waals surface area contributed by atoms with Crippen molar-refractivity contribution in [3.63, 3.8) is 0 Å². The van der Waals surface area contributed by atoms with E-state index >= 15 is 0 Å². The number of nitrogens with zero attached hydrogens (tertiary/aromatic N) is 4. The SMILES string of the molecule is CNC(=O)c1ccc(/C=C/C(=O)Nc2ccc(-n3cnnn3)c(C)c2)cc1. The van der Waals surface area contributed by atoms with Crippen molar-refractivity contribution in [2.75, 3.05) is 12.4 Å². The van der Waals surface area contributed by atoms with Gasteiger partial charge in [-0.15, -0.1) is 5.10 Å². The Morgan fingerprint density at radius 2 is 1.89 bits per heavy atom. The van der Waals surface area contributed by atoms with Crippen LogP contribution >= 0.6 is 0 Å². The van der Waals surface area contributed by atoms with E-state index in [1.807, 2.05) is 19.1 Å². The molecule has 136 valence electrons. The molecule has 0 bridgehead atoms. The summed E-state index contributed by atoms with van der Waals surface area (Å²) in [6.07, 6.45) is 4.64. The monoisotopic (exact) mass is 362 g/mol. The molecule has 0 spiro atoms. The molecule has 0 saturated carbocycles. The number of tetrazole rings is 1. The van der Waals surface area contributed by atoms with Crippen LogP contribution in [0.15, 0.2) is 54.9 Å². The van der Waals surface area contributed by atoms with Crippen LogP contribution in [-0.2, 0) is 4.79 Å². The molecular weight excluding hydrogens is 344 g/mol. The van der Waals surface area contributed by atoms with Crippen LogP contribution in [0, 0.1) is 6.92 Å². The molecule has 2 N–H and O–H groups in total. The van der Waals surface area contributed by atoms with E-state index < -0.39 is 0 Å². The summed E-state index contributed by atoms with van der Waals surface area (Å²) in [5.74, 6) is -0.399. The summed E-state index contributed by atoms with van der Waals surface area (Å²) in [6.45, 7) is 1.91. The Morgan fingerprint density at radius 1 is 1.11 bits per heavy atom. The summed E-state index contributed by atoms with van der Waals surface area (Å²) in [4.78, 5) is 23.6. The molecule has 0 fully saturated rings. The largest absolute Gasteiger partial charge is 0.355 e. The van der Waals surface area contributed by atoms with Gasteiger partial charge in [0.2, 0.25) is 5.91 Å². The lowest BCUT2D eigenvalue weighted by Gasteiger charge is -2.08. The Morgan fingerprint density at radius 3 is 2.52 bits per heavy atom. The molecule has 0 radical (unpaired) electrons. The van der Waals surface area contributed by atoms with Gasteiger partial charge in [-0.2, -0.15) is 0 Å². The predicted octanol–water partition coefficient (Wildman–Crippen LogP) is 1.98. The number of carbonyl (C=O) groups excluding carboxylic acids is 2. The first-order valence-corrected chi connectivity index (χ1v) is 8.22. The summed E-state index contributed by atoms with van der Waals surface area (Å²) in [5.41, 5.74) is 3.83. The zero-order chi connectivity index (χ0) is 19.2. The highest BCUT2D eigenvalue weighted by Crippen LogP contribution is 2.18. The van der Waals surface area contributed by atoms with E-state index in [4.69, 9.17) is 0 Å². The number of aryl methyl sites for hydroxylation is 1. The van der Waals surface area contributed by atoms with Gasteiger partial charge in [0.15, 0.2) is 0 Å². The van der Waals surface area contributed by atoms with E-state index in [1.54, 1.807) is 48.1 Å². The molecule has 8 nitrogen and oxygen atoms in total. The fourth-order valence-corrected chi connectivity index (χ4v) is 2.51. The number of amides is 2. The van der Waals surface area contributed by atoms with E-state index in [-0.39, 0.29) is 11.8 Å². The summed E-state index contributed by atoms with van der Waals surface area (Å²) >= 11 is 0. The van der Waals surface area contributed by atoms with Gasteiger partial charge in [-0.05, 0) is 64.9 Å². The number of hydrogen-bond donors (Lipinski definition) is 2. The van der Waals surface area contributed by atoms with Crippen molar-refractivity contribution in [2.45, 2.75) is 6.92 Å². The van der Waals surface area contributed by atoms with Gasteiger partial charge in [0.1, 0.15) is 6.33 Å². The van der Waals surface area contributed by atoms with Gasteiger partial charge >= 0.3 is 0 Å². The number of hydrogen-bond acceptors (Lipinski definition) is 5. The van der Waals surface area contributed by atoms with Crippen LogP contribution in [0.1, 0.15) is 21.5 Å². The minimum atomic E-state index is -0.250. The van der Waals surface area contributed by atoms with Crippen LogP contribution in [0.2, 0.25) is 0 Å². The van der Waals surface area contributed by atoms with E-state index in [1.165, 1.54) is 12.4 Å². The van der Waals surface area contributed by atoms with Gasteiger partial charge in [0.25, 0.3) is 5.91 Å². The normalized spacial score (nSPS) is 10.7. The zero-order valence-corrected chi connectivity index (χ0v) is 14.9. The average Bonchev–Trinajstić information content (AvgIpc) is 3.20. The number of carbonyl (C=O) groups is 2. The van der Waals surface area contributed by atoms with Gasteiger partial charge in [-0.1, -0.05) is 12.1 Å². The molecule has 0 unspecified atom stereocenters. The Bertz CT molecular complexity index is 978. The second-order valence-corrected chi connectivity index (χ2v) is 5.78. The Labute approximate surface area is 155 Å². The number of rotatable bonds is 5.